The van der Waals surface area contributed by atoms with Crippen LogP contribution >= 0.6 is 0 Å². The highest BCUT2D eigenvalue weighted by Crippen LogP contribution is 2.50. The predicted octanol–water partition coefficient (Wildman–Crippen LogP) is 3.54. The predicted molar refractivity (Wildman–Crippen MR) is 105 cm³/mol. The zero-order valence-electron chi connectivity index (χ0n) is 16.7. The van der Waals surface area contributed by atoms with Gasteiger partial charge in [0.2, 0.25) is 11.7 Å². The van der Waals surface area contributed by atoms with E-state index in [1.54, 1.807) is 29.2 Å². The summed E-state index contributed by atoms with van der Waals surface area (Å²) < 4.78 is 21.3. The van der Waals surface area contributed by atoms with Gasteiger partial charge < -0.3 is 29.0 Å². The van der Waals surface area contributed by atoms with Crippen molar-refractivity contribution in [2.45, 2.75) is 19.4 Å². The van der Waals surface area contributed by atoms with Gasteiger partial charge in [-0.05, 0) is 24.1 Å². The third kappa shape index (κ3) is 3.06. The van der Waals surface area contributed by atoms with Gasteiger partial charge in [0.1, 0.15) is 0 Å². The minimum Gasteiger partial charge on any atom is -0.504 e. The molecule has 1 saturated heterocycles. The molecule has 2 aromatic carbocycles. The van der Waals surface area contributed by atoms with E-state index in [-0.39, 0.29) is 23.6 Å². The number of carbonyl (C=O) groups excluding carboxylic acids is 1. The normalized spacial score (nSPS) is 18.5. The van der Waals surface area contributed by atoms with E-state index in [1.165, 1.54) is 28.4 Å². The van der Waals surface area contributed by atoms with Crippen LogP contribution in [0.3, 0.4) is 0 Å². The average molecular weight is 387 g/mol. The maximum Gasteiger partial charge on any atom is 0.233 e. The number of methoxy groups -OCH3 is 4. The van der Waals surface area contributed by atoms with Crippen LogP contribution in [0.1, 0.15) is 24.9 Å². The highest BCUT2D eigenvalue weighted by Gasteiger charge is 2.48. The van der Waals surface area contributed by atoms with E-state index in [9.17, 15) is 9.90 Å². The molecule has 0 aromatic heterocycles. The summed E-state index contributed by atoms with van der Waals surface area (Å²) in [5.74, 6) is 1.68. The molecular weight excluding hydrogens is 362 g/mol. The van der Waals surface area contributed by atoms with Crippen molar-refractivity contribution in [1.82, 2.24) is 0 Å². The number of phenols is 1. The summed E-state index contributed by atoms with van der Waals surface area (Å²) in [6.07, 6.45) is 0.692. The molecular formula is C21H25NO6. The van der Waals surface area contributed by atoms with Crippen molar-refractivity contribution in [2.75, 3.05) is 33.3 Å². The second-order valence-electron chi connectivity index (χ2n) is 6.48. The highest BCUT2D eigenvalue weighted by atomic mass is 16.5. The molecule has 1 amide bonds. The first kappa shape index (κ1) is 19.7. The van der Waals surface area contributed by atoms with Crippen LogP contribution in [0.2, 0.25) is 0 Å². The van der Waals surface area contributed by atoms with E-state index in [1.807, 2.05) is 13.0 Å². The molecule has 2 atom stereocenters. The second-order valence-corrected chi connectivity index (χ2v) is 6.48. The Bertz CT molecular complexity index is 856. The van der Waals surface area contributed by atoms with Gasteiger partial charge in [0.25, 0.3) is 0 Å². The van der Waals surface area contributed by atoms with Gasteiger partial charge >= 0.3 is 0 Å². The van der Waals surface area contributed by atoms with Crippen molar-refractivity contribution in [3.63, 3.8) is 0 Å². The smallest absolute Gasteiger partial charge is 0.233 e. The van der Waals surface area contributed by atoms with E-state index < -0.39 is 0 Å². The Hall–Kier alpha value is -3.09. The number of aromatic hydroxyl groups is 1. The van der Waals surface area contributed by atoms with Gasteiger partial charge in [0.05, 0.1) is 46.1 Å². The van der Waals surface area contributed by atoms with Crippen molar-refractivity contribution in [2.24, 2.45) is 5.92 Å². The number of benzene rings is 2. The number of hydrogen-bond donors (Lipinski definition) is 1. The van der Waals surface area contributed by atoms with Crippen LogP contribution in [0.15, 0.2) is 30.3 Å². The van der Waals surface area contributed by atoms with Crippen molar-refractivity contribution in [1.29, 1.82) is 0 Å². The molecule has 0 spiro atoms. The molecule has 1 heterocycles. The molecule has 0 unspecified atom stereocenters. The largest absolute Gasteiger partial charge is 0.504 e. The molecule has 3 rings (SSSR count). The molecule has 7 heteroatoms. The van der Waals surface area contributed by atoms with Gasteiger partial charge in [0, 0.05) is 12.1 Å². The zero-order valence-corrected chi connectivity index (χ0v) is 16.7. The molecule has 2 aromatic rings. The third-order valence-corrected chi connectivity index (χ3v) is 5.13. The first-order valence-corrected chi connectivity index (χ1v) is 9.00. The van der Waals surface area contributed by atoms with Crippen LogP contribution in [0.4, 0.5) is 5.69 Å². The van der Waals surface area contributed by atoms with Crippen LogP contribution in [-0.4, -0.2) is 39.5 Å². The first-order chi connectivity index (χ1) is 13.5. The Labute approximate surface area is 164 Å². The Balaban J connectivity index is 2.07. The van der Waals surface area contributed by atoms with Gasteiger partial charge in [0.15, 0.2) is 23.0 Å². The molecule has 0 saturated carbocycles. The lowest BCUT2D eigenvalue weighted by Gasteiger charge is -2.47. The van der Waals surface area contributed by atoms with Gasteiger partial charge in [-0.3, -0.25) is 4.79 Å². The first-order valence-electron chi connectivity index (χ1n) is 9.00. The van der Waals surface area contributed by atoms with E-state index in [0.717, 1.165) is 5.56 Å². The van der Waals surface area contributed by atoms with Crippen LogP contribution in [0.25, 0.3) is 0 Å². The average Bonchev–Trinajstić information content (AvgIpc) is 2.71. The maximum atomic E-state index is 12.9. The summed E-state index contributed by atoms with van der Waals surface area (Å²) >= 11 is 0. The van der Waals surface area contributed by atoms with Crippen LogP contribution in [0.5, 0.6) is 28.7 Å². The number of ether oxygens (including phenoxy) is 4. The number of anilines is 1. The Morgan fingerprint density at radius 3 is 2.00 bits per heavy atom. The fourth-order valence-corrected chi connectivity index (χ4v) is 3.71. The van der Waals surface area contributed by atoms with Gasteiger partial charge in [-0.1, -0.05) is 13.0 Å². The number of amides is 1. The Morgan fingerprint density at radius 1 is 0.929 bits per heavy atom. The van der Waals surface area contributed by atoms with Gasteiger partial charge in [-0.15, -0.1) is 0 Å². The lowest BCUT2D eigenvalue weighted by atomic mass is 9.80. The molecule has 0 aliphatic carbocycles. The maximum absolute atomic E-state index is 12.9. The summed E-state index contributed by atoms with van der Waals surface area (Å²) in [5, 5.41) is 10.2. The Morgan fingerprint density at radius 2 is 1.54 bits per heavy atom. The second kappa shape index (κ2) is 7.88. The van der Waals surface area contributed by atoms with Crippen molar-refractivity contribution in [3.8, 4) is 28.7 Å². The monoisotopic (exact) mass is 387 g/mol. The number of hydrogen-bond acceptors (Lipinski definition) is 6. The number of carbonyl (C=O) groups is 1. The van der Waals surface area contributed by atoms with Crippen molar-refractivity contribution in [3.05, 3.63) is 35.9 Å². The molecule has 1 aliphatic heterocycles. The molecule has 0 radical (unpaired) electrons. The van der Waals surface area contributed by atoms with Crippen LogP contribution in [-0.2, 0) is 4.79 Å². The minimum absolute atomic E-state index is 0.0112. The molecule has 1 N–H and O–H groups in total. The molecule has 7 nitrogen and oxygen atoms in total. The quantitative estimate of drug-likeness (QED) is 0.732. The van der Waals surface area contributed by atoms with Crippen molar-refractivity contribution < 1.29 is 28.8 Å². The number of rotatable bonds is 7. The highest BCUT2D eigenvalue weighted by molar-refractivity contribution is 6.03. The zero-order chi connectivity index (χ0) is 20.4. The molecule has 0 bridgehead atoms. The van der Waals surface area contributed by atoms with E-state index in [4.69, 9.17) is 18.9 Å². The molecule has 150 valence electrons. The van der Waals surface area contributed by atoms with E-state index in [0.29, 0.717) is 35.1 Å². The van der Waals surface area contributed by atoms with E-state index in [2.05, 4.69) is 0 Å². The molecule has 28 heavy (non-hydrogen) atoms. The summed E-state index contributed by atoms with van der Waals surface area (Å²) in [6.45, 7) is 1.98. The molecule has 1 fully saturated rings. The number of β-lactam (4-membered cyclic amide) rings is 1. The van der Waals surface area contributed by atoms with Crippen LogP contribution in [0, 0.1) is 5.92 Å². The van der Waals surface area contributed by atoms with Gasteiger partial charge in [-0.25, -0.2) is 0 Å². The standard InChI is InChI=1S/C21H25NO6/c1-6-14-19(12-7-8-16(25-2)15(23)9-12)22(21(14)24)13-10-17(26-3)20(28-5)18(11-13)27-4/h7-11,14,19,23H,6H2,1-5H3/t14-,19+/m1/s1. The topological polar surface area (TPSA) is 77.5 Å². The summed E-state index contributed by atoms with van der Waals surface area (Å²) in [7, 11) is 6.10. The van der Waals surface area contributed by atoms with E-state index >= 15 is 0 Å². The lowest BCUT2D eigenvalue weighted by molar-refractivity contribution is -0.130. The molecule has 1 aliphatic rings. The summed E-state index contributed by atoms with van der Waals surface area (Å²) in [4.78, 5) is 14.6. The number of nitrogens with zero attached hydrogens (tertiary/aromatic N) is 1. The van der Waals surface area contributed by atoms with Gasteiger partial charge in [-0.2, -0.15) is 0 Å². The van der Waals surface area contributed by atoms with Crippen LogP contribution < -0.4 is 23.8 Å². The minimum atomic E-state index is -0.211. The fourth-order valence-electron chi connectivity index (χ4n) is 3.71. The fraction of sp³-hybridized carbons (Fsp3) is 0.381. The summed E-state index contributed by atoms with van der Waals surface area (Å²) in [5.41, 5.74) is 1.48. The third-order valence-electron chi connectivity index (χ3n) is 5.13. The summed E-state index contributed by atoms with van der Waals surface area (Å²) in [6, 6.07) is 8.50. The SMILES string of the molecule is CC[C@H]1C(=O)N(c2cc(OC)c(OC)c(OC)c2)[C@H]1c1ccc(OC)c(O)c1. The van der Waals surface area contributed by atoms with Crippen molar-refractivity contribution >= 4 is 11.6 Å². The number of phenolic OH excluding ortho intramolecular Hbond substituents is 1. The lowest BCUT2D eigenvalue weighted by Crippen LogP contribution is -2.55. The Kier molecular flexibility index (Phi) is 5.53.